The fraction of sp³-hybridized carbons (Fsp3) is 0.500. The smallest absolute Gasteiger partial charge is 0.305 e. The zero-order chi connectivity index (χ0) is 12.1. The summed E-state index contributed by atoms with van der Waals surface area (Å²) < 4.78 is 4.79. The maximum atomic E-state index is 11.9. The number of carboxylic acid groups (broad SMARTS) is 1. The number of amides is 1. The highest BCUT2D eigenvalue weighted by atomic mass is 16.5. The van der Waals surface area contributed by atoms with Gasteiger partial charge in [0.25, 0.3) is 5.91 Å². The minimum absolute atomic E-state index is 0.0656. The number of carbonyl (C=O) groups excluding carboxylic acids is 1. The molecule has 0 aliphatic heterocycles. The van der Waals surface area contributed by atoms with Gasteiger partial charge < -0.3 is 14.5 Å². The highest BCUT2D eigenvalue weighted by Crippen LogP contribution is 2.10. The number of carboxylic acids is 1. The highest BCUT2D eigenvalue weighted by Gasteiger charge is 2.19. The van der Waals surface area contributed by atoms with Gasteiger partial charge in [-0.1, -0.05) is 5.16 Å². The molecule has 1 N–H and O–H groups in total. The van der Waals surface area contributed by atoms with Gasteiger partial charge in [-0.25, -0.2) is 0 Å². The maximum Gasteiger partial charge on any atom is 0.305 e. The van der Waals surface area contributed by atoms with Crippen LogP contribution in [-0.4, -0.2) is 40.1 Å². The van der Waals surface area contributed by atoms with Crippen molar-refractivity contribution in [2.24, 2.45) is 0 Å². The predicted molar refractivity (Wildman–Crippen MR) is 55.1 cm³/mol. The van der Waals surface area contributed by atoms with Crippen molar-refractivity contribution in [2.75, 3.05) is 13.1 Å². The molecule has 0 bridgehead atoms. The third-order valence-corrected chi connectivity index (χ3v) is 2.25. The molecule has 16 heavy (non-hydrogen) atoms. The van der Waals surface area contributed by atoms with Gasteiger partial charge in [0.1, 0.15) is 11.3 Å². The summed E-state index contributed by atoms with van der Waals surface area (Å²) in [6, 6.07) is 0. The van der Waals surface area contributed by atoms with Crippen LogP contribution in [0.1, 0.15) is 29.5 Å². The van der Waals surface area contributed by atoms with Gasteiger partial charge in [-0.3, -0.25) is 9.59 Å². The Morgan fingerprint density at radius 3 is 2.69 bits per heavy atom. The third kappa shape index (κ3) is 2.82. The van der Waals surface area contributed by atoms with Crippen molar-refractivity contribution in [2.45, 2.75) is 20.3 Å². The molecule has 1 aromatic heterocycles. The summed E-state index contributed by atoms with van der Waals surface area (Å²) in [6.07, 6.45) is 1.28. The van der Waals surface area contributed by atoms with E-state index >= 15 is 0 Å². The summed E-state index contributed by atoms with van der Waals surface area (Å²) in [5, 5.41) is 12.1. The summed E-state index contributed by atoms with van der Waals surface area (Å²) >= 11 is 0. The molecule has 0 radical (unpaired) electrons. The van der Waals surface area contributed by atoms with E-state index < -0.39 is 5.97 Å². The van der Waals surface area contributed by atoms with Gasteiger partial charge in [0, 0.05) is 13.1 Å². The molecular formula is C10H14N2O4. The summed E-state index contributed by atoms with van der Waals surface area (Å²) in [6.45, 7) is 4.08. The largest absolute Gasteiger partial charge is 0.481 e. The molecule has 0 fully saturated rings. The van der Waals surface area contributed by atoms with Crippen molar-refractivity contribution in [3.8, 4) is 0 Å². The van der Waals surface area contributed by atoms with Gasteiger partial charge in [0.05, 0.1) is 12.6 Å². The monoisotopic (exact) mass is 226 g/mol. The molecule has 1 amide bonds. The molecule has 1 rings (SSSR count). The van der Waals surface area contributed by atoms with E-state index in [0.717, 1.165) is 0 Å². The number of hydrogen-bond acceptors (Lipinski definition) is 4. The lowest BCUT2D eigenvalue weighted by Gasteiger charge is -2.19. The number of aliphatic carboxylic acids is 1. The molecule has 88 valence electrons. The number of hydrogen-bond donors (Lipinski definition) is 1. The molecule has 1 heterocycles. The number of carbonyl (C=O) groups is 2. The van der Waals surface area contributed by atoms with Crippen LogP contribution in [-0.2, 0) is 4.79 Å². The highest BCUT2D eigenvalue weighted by molar-refractivity contribution is 5.94. The van der Waals surface area contributed by atoms with Crippen LogP contribution in [0.4, 0.5) is 0 Å². The van der Waals surface area contributed by atoms with Gasteiger partial charge in [-0.05, 0) is 13.8 Å². The Hall–Kier alpha value is -1.85. The average Bonchev–Trinajstić information content (AvgIpc) is 2.64. The molecule has 0 saturated carbocycles. The zero-order valence-corrected chi connectivity index (χ0v) is 9.27. The predicted octanol–water partition coefficient (Wildman–Crippen LogP) is 0.920. The van der Waals surface area contributed by atoms with E-state index in [0.29, 0.717) is 17.9 Å². The number of rotatable bonds is 5. The SMILES string of the molecule is CCN(CCC(=O)O)C(=O)c1cnoc1C. The minimum Gasteiger partial charge on any atom is -0.481 e. The fourth-order valence-corrected chi connectivity index (χ4v) is 1.31. The van der Waals surface area contributed by atoms with Crippen molar-refractivity contribution in [1.82, 2.24) is 10.1 Å². The Morgan fingerprint density at radius 1 is 1.56 bits per heavy atom. The van der Waals surface area contributed by atoms with E-state index in [1.807, 2.05) is 0 Å². The second-order valence-corrected chi connectivity index (χ2v) is 3.32. The molecule has 0 spiro atoms. The lowest BCUT2D eigenvalue weighted by molar-refractivity contribution is -0.137. The summed E-state index contributed by atoms with van der Waals surface area (Å²) in [5.41, 5.74) is 0.382. The van der Waals surface area contributed by atoms with E-state index in [1.165, 1.54) is 11.1 Å². The first-order chi connectivity index (χ1) is 7.56. The lowest BCUT2D eigenvalue weighted by atomic mass is 10.2. The molecule has 6 heteroatoms. The summed E-state index contributed by atoms with van der Waals surface area (Å²) in [7, 11) is 0. The van der Waals surface area contributed by atoms with E-state index in [2.05, 4.69) is 5.16 Å². The Balaban J connectivity index is 2.70. The molecule has 0 aliphatic carbocycles. The summed E-state index contributed by atoms with van der Waals surface area (Å²) in [5.74, 6) is -0.727. The van der Waals surface area contributed by atoms with Crippen LogP contribution in [0, 0.1) is 6.92 Å². The van der Waals surface area contributed by atoms with Gasteiger partial charge in [0.2, 0.25) is 0 Å². The second-order valence-electron chi connectivity index (χ2n) is 3.32. The molecule has 1 aromatic rings. The van der Waals surface area contributed by atoms with Crippen LogP contribution < -0.4 is 0 Å². The maximum absolute atomic E-state index is 11.9. The first kappa shape index (κ1) is 12.2. The van der Waals surface area contributed by atoms with Crippen LogP contribution in [0.5, 0.6) is 0 Å². The Labute approximate surface area is 92.8 Å². The first-order valence-corrected chi connectivity index (χ1v) is 4.98. The lowest BCUT2D eigenvalue weighted by Crippen LogP contribution is -2.32. The second kappa shape index (κ2) is 5.29. The molecule has 6 nitrogen and oxygen atoms in total. The Bertz CT molecular complexity index is 386. The minimum atomic E-state index is -0.923. The van der Waals surface area contributed by atoms with Crippen LogP contribution in [0.3, 0.4) is 0 Å². The van der Waals surface area contributed by atoms with Gasteiger partial charge in [0.15, 0.2) is 0 Å². The standard InChI is InChI=1S/C10H14N2O4/c1-3-12(5-4-9(13)14)10(15)8-6-11-16-7(8)2/h6H,3-5H2,1-2H3,(H,13,14). The molecule has 0 saturated heterocycles. The van der Waals surface area contributed by atoms with Crippen LogP contribution in [0.25, 0.3) is 0 Å². The van der Waals surface area contributed by atoms with Gasteiger partial charge >= 0.3 is 5.97 Å². The van der Waals surface area contributed by atoms with Crippen molar-refractivity contribution < 1.29 is 19.2 Å². The number of nitrogens with zero attached hydrogens (tertiary/aromatic N) is 2. The molecule has 0 atom stereocenters. The van der Waals surface area contributed by atoms with Gasteiger partial charge in [-0.2, -0.15) is 0 Å². The van der Waals surface area contributed by atoms with Gasteiger partial charge in [-0.15, -0.1) is 0 Å². The van der Waals surface area contributed by atoms with Crippen molar-refractivity contribution in [1.29, 1.82) is 0 Å². The van der Waals surface area contributed by atoms with Crippen molar-refractivity contribution in [3.63, 3.8) is 0 Å². The van der Waals surface area contributed by atoms with Crippen LogP contribution in [0.2, 0.25) is 0 Å². The molecular weight excluding hydrogens is 212 g/mol. The van der Waals surface area contributed by atoms with E-state index in [4.69, 9.17) is 9.63 Å². The molecule has 0 aromatic carbocycles. The Kier molecular flexibility index (Phi) is 4.04. The summed E-state index contributed by atoms with van der Waals surface area (Å²) in [4.78, 5) is 23.8. The fourth-order valence-electron chi connectivity index (χ4n) is 1.31. The molecule has 0 aliphatic rings. The van der Waals surface area contributed by atoms with Crippen molar-refractivity contribution >= 4 is 11.9 Å². The zero-order valence-electron chi connectivity index (χ0n) is 9.27. The normalized spacial score (nSPS) is 10.1. The van der Waals surface area contributed by atoms with Crippen molar-refractivity contribution in [3.05, 3.63) is 17.5 Å². The van der Waals surface area contributed by atoms with E-state index in [-0.39, 0.29) is 18.9 Å². The molecule has 0 unspecified atom stereocenters. The quantitative estimate of drug-likeness (QED) is 0.807. The van der Waals surface area contributed by atoms with E-state index in [1.54, 1.807) is 13.8 Å². The Morgan fingerprint density at radius 2 is 2.25 bits per heavy atom. The van der Waals surface area contributed by atoms with Crippen LogP contribution in [0.15, 0.2) is 10.7 Å². The first-order valence-electron chi connectivity index (χ1n) is 4.98. The number of aryl methyl sites for hydroxylation is 1. The van der Waals surface area contributed by atoms with E-state index in [9.17, 15) is 9.59 Å². The topological polar surface area (TPSA) is 83.6 Å². The third-order valence-electron chi connectivity index (χ3n) is 2.25. The average molecular weight is 226 g/mol. The van der Waals surface area contributed by atoms with Crippen LogP contribution >= 0.6 is 0 Å². The number of aromatic nitrogens is 1.